The average Bonchev–Trinajstić information content (AvgIpc) is 2.79. The number of piperidine rings is 1. The second-order valence-electron chi connectivity index (χ2n) is 7.63. The Balaban J connectivity index is 1.74. The Morgan fingerprint density at radius 2 is 1.84 bits per heavy atom. The molecule has 0 radical (unpaired) electrons. The number of carbonyl (C=O) groups is 1. The van der Waals surface area contributed by atoms with Crippen molar-refractivity contribution < 1.29 is 4.79 Å². The lowest BCUT2D eigenvalue weighted by Crippen LogP contribution is -2.45. The topological polar surface area (TPSA) is 56.7 Å². The molecular weight excluding hydrogens is 312 g/mol. The molecule has 1 saturated heterocycles. The molecule has 5 nitrogen and oxygen atoms in total. The van der Waals surface area contributed by atoms with Crippen LogP contribution in [0.15, 0.2) is 23.3 Å². The number of fused-ring (bicyclic) bond motifs is 1. The van der Waals surface area contributed by atoms with Gasteiger partial charge in [0.25, 0.3) is 0 Å². The van der Waals surface area contributed by atoms with Gasteiger partial charge < -0.3 is 10.6 Å². The minimum atomic E-state index is -0.0791. The van der Waals surface area contributed by atoms with Crippen LogP contribution in [-0.2, 0) is 0 Å². The standard InChI is InChI=1S/C20H28N4O/c1-14-7-8-17-18(13-14)22-20(25)24(16-9-11-21-12-10-16)23-19(17)15-5-3-2-4-6-15/h7-8,13,15-16,21H,2-6,9-12H2,1H3,(H,22,25). The first kappa shape index (κ1) is 16.6. The summed E-state index contributed by atoms with van der Waals surface area (Å²) in [4.78, 5) is 12.9. The predicted octanol–water partition coefficient (Wildman–Crippen LogP) is 3.88. The first-order valence-corrected chi connectivity index (χ1v) is 9.73. The summed E-state index contributed by atoms with van der Waals surface area (Å²) < 4.78 is 0. The van der Waals surface area contributed by atoms with Crippen LogP contribution < -0.4 is 10.6 Å². The zero-order valence-electron chi connectivity index (χ0n) is 15.1. The molecule has 0 atom stereocenters. The van der Waals surface area contributed by atoms with Crippen molar-refractivity contribution >= 4 is 17.4 Å². The highest BCUT2D eigenvalue weighted by atomic mass is 16.2. The van der Waals surface area contributed by atoms with Gasteiger partial charge in [-0.2, -0.15) is 5.10 Å². The third-order valence-electron chi connectivity index (χ3n) is 5.76. The first-order chi connectivity index (χ1) is 12.2. The summed E-state index contributed by atoms with van der Waals surface area (Å²) in [7, 11) is 0. The molecule has 3 aliphatic rings. The zero-order valence-corrected chi connectivity index (χ0v) is 15.1. The molecule has 25 heavy (non-hydrogen) atoms. The molecule has 0 bridgehead atoms. The quantitative estimate of drug-likeness (QED) is 0.858. The van der Waals surface area contributed by atoms with Crippen molar-refractivity contribution in [2.24, 2.45) is 11.0 Å². The van der Waals surface area contributed by atoms with E-state index in [1.165, 1.54) is 32.1 Å². The van der Waals surface area contributed by atoms with Crippen LogP contribution in [0.1, 0.15) is 56.1 Å². The Kier molecular flexibility index (Phi) is 4.75. The van der Waals surface area contributed by atoms with Crippen LogP contribution in [0.3, 0.4) is 0 Å². The SMILES string of the molecule is Cc1ccc2c(c1)NC(=O)N(C1CCNCC1)N=C2C1CCCCC1. The summed E-state index contributed by atoms with van der Waals surface area (Å²) in [5, 5.41) is 13.2. The normalized spacial score (nSPS) is 22.8. The number of carbonyl (C=O) groups excluding carboxylic acids is 1. The molecular formula is C20H28N4O. The predicted molar refractivity (Wildman–Crippen MR) is 101 cm³/mol. The fourth-order valence-electron chi connectivity index (χ4n) is 4.35. The summed E-state index contributed by atoms with van der Waals surface area (Å²) in [6, 6.07) is 6.46. The molecule has 2 fully saturated rings. The molecule has 1 saturated carbocycles. The van der Waals surface area contributed by atoms with Crippen molar-refractivity contribution in [3.63, 3.8) is 0 Å². The highest BCUT2D eigenvalue weighted by molar-refractivity contribution is 6.11. The summed E-state index contributed by atoms with van der Waals surface area (Å²) in [5.41, 5.74) is 4.32. The van der Waals surface area contributed by atoms with Gasteiger partial charge in [-0.1, -0.05) is 31.4 Å². The Hall–Kier alpha value is -1.88. The van der Waals surface area contributed by atoms with E-state index in [1.807, 2.05) is 0 Å². The Morgan fingerprint density at radius 1 is 1.08 bits per heavy atom. The van der Waals surface area contributed by atoms with E-state index in [1.54, 1.807) is 5.01 Å². The third-order valence-corrected chi connectivity index (χ3v) is 5.76. The van der Waals surface area contributed by atoms with Gasteiger partial charge in [-0.05, 0) is 57.3 Å². The van der Waals surface area contributed by atoms with Gasteiger partial charge >= 0.3 is 6.03 Å². The van der Waals surface area contributed by atoms with Crippen molar-refractivity contribution in [3.8, 4) is 0 Å². The fourth-order valence-corrected chi connectivity index (χ4v) is 4.35. The van der Waals surface area contributed by atoms with Gasteiger partial charge in [0.1, 0.15) is 0 Å². The zero-order chi connectivity index (χ0) is 17.2. The molecule has 2 amide bonds. The summed E-state index contributed by atoms with van der Waals surface area (Å²) >= 11 is 0. The number of amides is 2. The lowest BCUT2D eigenvalue weighted by molar-refractivity contribution is 0.174. The first-order valence-electron chi connectivity index (χ1n) is 9.73. The maximum absolute atomic E-state index is 12.9. The van der Waals surface area contributed by atoms with Gasteiger partial charge in [0.05, 0.1) is 17.4 Å². The van der Waals surface area contributed by atoms with Gasteiger partial charge in [-0.25, -0.2) is 9.80 Å². The van der Waals surface area contributed by atoms with E-state index in [2.05, 4.69) is 35.8 Å². The molecule has 5 heteroatoms. The molecule has 1 aromatic rings. The molecule has 0 unspecified atom stereocenters. The van der Waals surface area contributed by atoms with Crippen LogP contribution in [0.2, 0.25) is 0 Å². The van der Waals surface area contributed by atoms with Gasteiger partial charge in [-0.3, -0.25) is 0 Å². The summed E-state index contributed by atoms with van der Waals surface area (Å²) in [5.74, 6) is 0.465. The van der Waals surface area contributed by atoms with E-state index in [9.17, 15) is 4.79 Å². The number of hydrogen-bond acceptors (Lipinski definition) is 3. The number of hydrogen-bond donors (Lipinski definition) is 2. The van der Waals surface area contributed by atoms with E-state index in [-0.39, 0.29) is 12.1 Å². The van der Waals surface area contributed by atoms with Crippen molar-refractivity contribution in [1.82, 2.24) is 10.3 Å². The number of aryl methyl sites for hydroxylation is 1. The maximum Gasteiger partial charge on any atom is 0.342 e. The lowest BCUT2D eigenvalue weighted by Gasteiger charge is -2.31. The van der Waals surface area contributed by atoms with Crippen molar-refractivity contribution in [2.45, 2.75) is 57.9 Å². The number of urea groups is 1. The maximum atomic E-state index is 12.9. The van der Waals surface area contributed by atoms with Crippen LogP contribution in [0.4, 0.5) is 10.5 Å². The van der Waals surface area contributed by atoms with E-state index < -0.39 is 0 Å². The van der Waals surface area contributed by atoms with Gasteiger partial charge in [0.15, 0.2) is 0 Å². The molecule has 0 spiro atoms. The molecule has 4 rings (SSSR count). The number of benzene rings is 1. The van der Waals surface area contributed by atoms with Crippen LogP contribution in [0.25, 0.3) is 0 Å². The van der Waals surface area contributed by atoms with E-state index >= 15 is 0 Å². The van der Waals surface area contributed by atoms with E-state index in [4.69, 9.17) is 5.10 Å². The molecule has 0 aromatic heterocycles. The fraction of sp³-hybridized carbons (Fsp3) is 0.600. The number of anilines is 1. The van der Waals surface area contributed by atoms with Crippen molar-refractivity contribution in [1.29, 1.82) is 0 Å². The lowest BCUT2D eigenvalue weighted by atomic mass is 9.82. The van der Waals surface area contributed by atoms with E-state index in [0.717, 1.165) is 48.5 Å². The molecule has 2 heterocycles. The van der Waals surface area contributed by atoms with Crippen LogP contribution in [0, 0.1) is 12.8 Å². The van der Waals surface area contributed by atoms with Crippen molar-refractivity contribution in [2.75, 3.05) is 18.4 Å². The number of nitrogens with one attached hydrogen (secondary N) is 2. The highest BCUT2D eigenvalue weighted by Crippen LogP contribution is 2.33. The Bertz CT molecular complexity index is 672. The smallest absolute Gasteiger partial charge is 0.317 e. The van der Waals surface area contributed by atoms with Crippen molar-refractivity contribution in [3.05, 3.63) is 29.3 Å². The van der Waals surface area contributed by atoms with Gasteiger partial charge in [0, 0.05) is 11.5 Å². The minimum Gasteiger partial charge on any atom is -0.317 e. The Morgan fingerprint density at radius 3 is 2.60 bits per heavy atom. The average molecular weight is 340 g/mol. The summed E-state index contributed by atoms with van der Waals surface area (Å²) in [6.45, 7) is 3.98. The molecule has 1 aromatic carbocycles. The minimum absolute atomic E-state index is 0.0791. The number of nitrogens with zero attached hydrogens (tertiary/aromatic N) is 2. The third kappa shape index (κ3) is 3.43. The highest BCUT2D eigenvalue weighted by Gasteiger charge is 2.32. The molecule has 1 aliphatic carbocycles. The number of hydrazone groups is 1. The molecule has 134 valence electrons. The largest absolute Gasteiger partial charge is 0.342 e. The summed E-state index contributed by atoms with van der Waals surface area (Å²) in [6.07, 6.45) is 8.13. The molecule has 2 N–H and O–H groups in total. The van der Waals surface area contributed by atoms with Gasteiger partial charge in [-0.15, -0.1) is 0 Å². The second-order valence-corrected chi connectivity index (χ2v) is 7.63. The van der Waals surface area contributed by atoms with E-state index in [0.29, 0.717) is 5.92 Å². The Labute approximate surface area is 149 Å². The molecule has 2 aliphatic heterocycles. The van der Waals surface area contributed by atoms with Gasteiger partial charge in [0.2, 0.25) is 0 Å². The second kappa shape index (κ2) is 7.16. The number of rotatable bonds is 2. The van der Waals surface area contributed by atoms with Crippen LogP contribution in [-0.4, -0.2) is 35.9 Å². The van der Waals surface area contributed by atoms with Crippen LogP contribution >= 0.6 is 0 Å². The monoisotopic (exact) mass is 340 g/mol. The van der Waals surface area contributed by atoms with Crippen LogP contribution in [0.5, 0.6) is 0 Å².